The van der Waals surface area contributed by atoms with Crippen LogP contribution in [-0.2, 0) is 17.6 Å². The molecule has 122 valence electrons. The van der Waals surface area contributed by atoms with E-state index < -0.39 is 0 Å². The Kier molecular flexibility index (Phi) is 4.66. The lowest BCUT2D eigenvalue weighted by molar-refractivity contribution is -0.118. The smallest absolute Gasteiger partial charge is 0.233 e. The van der Waals surface area contributed by atoms with E-state index in [1.165, 1.54) is 5.56 Å². The van der Waals surface area contributed by atoms with E-state index in [1.807, 2.05) is 28.5 Å². The summed E-state index contributed by atoms with van der Waals surface area (Å²) >= 11 is 1.64. The summed E-state index contributed by atoms with van der Waals surface area (Å²) in [7, 11) is 1.67. The first-order valence-corrected chi connectivity index (χ1v) is 8.88. The summed E-state index contributed by atoms with van der Waals surface area (Å²) in [6.07, 6.45) is 2.35. The Hall–Kier alpha value is -1.88. The van der Waals surface area contributed by atoms with E-state index in [0.717, 1.165) is 41.5 Å². The molecule has 23 heavy (non-hydrogen) atoms. The summed E-state index contributed by atoms with van der Waals surface area (Å²) < 4.78 is 5.28. The van der Waals surface area contributed by atoms with Gasteiger partial charge in [0.05, 0.1) is 24.2 Å². The van der Waals surface area contributed by atoms with Gasteiger partial charge in [0.15, 0.2) is 0 Å². The molecule has 0 atom stereocenters. The highest BCUT2D eigenvalue weighted by atomic mass is 32.1. The molecule has 0 aliphatic carbocycles. The first-order valence-electron chi connectivity index (χ1n) is 8.00. The number of hydrogen-bond acceptors (Lipinski definition) is 4. The number of benzene rings is 1. The molecule has 0 bridgehead atoms. The van der Waals surface area contributed by atoms with Crippen LogP contribution in [0.25, 0.3) is 0 Å². The van der Waals surface area contributed by atoms with Crippen molar-refractivity contribution in [3.8, 4) is 5.75 Å². The molecule has 4 nitrogen and oxygen atoms in total. The second-order valence-corrected chi connectivity index (χ2v) is 7.04. The molecule has 1 aromatic carbocycles. The molecule has 2 aromatic rings. The SMILES string of the molecule is COc1ccc2c(c1)CCCN2C(=O)Cc1csc(C(C)C)n1. The molecule has 0 saturated carbocycles. The number of rotatable bonds is 4. The Balaban J connectivity index is 1.78. The number of fused-ring (bicyclic) bond motifs is 1. The number of anilines is 1. The molecule has 1 aliphatic heterocycles. The minimum Gasteiger partial charge on any atom is -0.497 e. The van der Waals surface area contributed by atoms with Crippen LogP contribution in [-0.4, -0.2) is 24.5 Å². The number of hydrogen-bond donors (Lipinski definition) is 0. The number of nitrogens with zero attached hydrogens (tertiary/aromatic N) is 2. The number of aromatic nitrogens is 1. The molecule has 1 aromatic heterocycles. The lowest BCUT2D eigenvalue weighted by Crippen LogP contribution is -2.36. The monoisotopic (exact) mass is 330 g/mol. The zero-order valence-corrected chi connectivity index (χ0v) is 14.7. The lowest BCUT2D eigenvalue weighted by Gasteiger charge is -2.29. The number of amides is 1. The molecule has 2 heterocycles. The van der Waals surface area contributed by atoms with Crippen LogP contribution in [0.3, 0.4) is 0 Å². The van der Waals surface area contributed by atoms with Crippen molar-refractivity contribution < 1.29 is 9.53 Å². The van der Waals surface area contributed by atoms with Crippen molar-refractivity contribution in [2.45, 2.75) is 39.0 Å². The molecule has 0 unspecified atom stereocenters. The molecule has 0 spiro atoms. The second kappa shape index (κ2) is 6.71. The number of methoxy groups -OCH3 is 1. The zero-order valence-electron chi connectivity index (χ0n) is 13.8. The Morgan fingerprint density at radius 1 is 1.43 bits per heavy atom. The van der Waals surface area contributed by atoms with Crippen LogP contribution in [0.5, 0.6) is 5.75 Å². The zero-order chi connectivity index (χ0) is 16.4. The van der Waals surface area contributed by atoms with Gasteiger partial charge >= 0.3 is 0 Å². The normalized spacial score (nSPS) is 14.0. The molecular weight excluding hydrogens is 308 g/mol. The summed E-state index contributed by atoms with van der Waals surface area (Å²) in [5, 5.41) is 3.10. The molecule has 0 N–H and O–H groups in total. The van der Waals surface area contributed by atoms with Crippen LogP contribution in [0, 0.1) is 0 Å². The highest BCUT2D eigenvalue weighted by Crippen LogP contribution is 2.31. The molecule has 1 aliphatic rings. The van der Waals surface area contributed by atoms with Gasteiger partial charge in [-0.15, -0.1) is 11.3 Å². The lowest BCUT2D eigenvalue weighted by atomic mass is 10.0. The third kappa shape index (κ3) is 3.39. The van der Waals surface area contributed by atoms with Gasteiger partial charge in [0, 0.05) is 23.5 Å². The minimum absolute atomic E-state index is 0.122. The highest BCUT2D eigenvalue weighted by molar-refractivity contribution is 7.09. The first-order chi connectivity index (χ1) is 11.1. The fraction of sp³-hybridized carbons (Fsp3) is 0.444. The number of carbonyl (C=O) groups is 1. The number of carbonyl (C=O) groups excluding carboxylic acids is 1. The third-order valence-corrected chi connectivity index (χ3v) is 5.30. The molecule has 1 amide bonds. The first kappa shape index (κ1) is 16.0. The van der Waals surface area contributed by atoms with Crippen LogP contribution < -0.4 is 9.64 Å². The van der Waals surface area contributed by atoms with Gasteiger partial charge in [-0.25, -0.2) is 4.98 Å². The van der Waals surface area contributed by atoms with E-state index in [9.17, 15) is 4.79 Å². The maximum absolute atomic E-state index is 12.7. The van der Waals surface area contributed by atoms with Crippen LogP contribution >= 0.6 is 11.3 Å². The molecular formula is C18H22N2O2S. The topological polar surface area (TPSA) is 42.4 Å². The average Bonchev–Trinajstić information content (AvgIpc) is 3.02. The van der Waals surface area contributed by atoms with Crippen molar-refractivity contribution in [2.75, 3.05) is 18.6 Å². The van der Waals surface area contributed by atoms with Gasteiger partial charge < -0.3 is 9.64 Å². The van der Waals surface area contributed by atoms with E-state index >= 15 is 0 Å². The van der Waals surface area contributed by atoms with E-state index in [1.54, 1.807) is 18.4 Å². The average molecular weight is 330 g/mol. The molecule has 0 fully saturated rings. The van der Waals surface area contributed by atoms with Crippen LogP contribution in [0.4, 0.5) is 5.69 Å². The number of ether oxygens (including phenoxy) is 1. The summed E-state index contributed by atoms with van der Waals surface area (Å²) in [5.41, 5.74) is 3.08. The maximum Gasteiger partial charge on any atom is 0.233 e. The summed E-state index contributed by atoms with van der Waals surface area (Å²) in [4.78, 5) is 19.2. The molecule has 5 heteroatoms. The highest BCUT2D eigenvalue weighted by Gasteiger charge is 2.23. The predicted octanol–water partition coefficient (Wildman–Crippen LogP) is 3.80. The second-order valence-electron chi connectivity index (χ2n) is 6.15. The fourth-order valence-electron chi connectivity index (χ4n) is 2.88. The van der Waals surface area contributed by atoms with Crippen LogP contribution in [0.1, 0.15) is 42.5 Å². The predicted molar refractivity (Wildman–Crippen MR) is 93.6 cm³/mol. The van der Waals surface area contributed by atoms with Gasteiger partial charge in [-0.05, 0) is 36.6 Å². The van der Waals surface area contributed by atoms with Crippen molar-refractivity contribution >= 4 is 22.9 Å². The van der Waals surface area contributed by atoms with E-state index in [2.05, 4.69) is 18.8 Å². The van der Waals surface area contributed by atoms with E-state index in [-0.39, 0.29) is 5.91 Å². The van der Waals surface area contributed by atoms with Crippen molar-refractivity contribution in [2.24, 2.45) is 0 Å². The number of aryl methyl sites for hydroxylation is 1. The summed E-state index contributed by atoms with van der Waals surface area (Å²) in [6.45, 7) is 5.02. The van der Waals surface area contributed by atoms with E-state index in [4.69, 9.17) is 4.74 Å². The summed E-state index contributed by atoms with van der Waals surface area (Å²) in [6, 6.07) is 5.95. The van der Waals surface area contributed by atoms with Crippen LogP contribution in [0.2, 0.25) is 0 Å². The largest absolute Gasteiger partial charge is 0.497 e. The van der Waals surface area contributed by atoms with Crippen molar-refractivity contribution in [1.82, 2.24) is 4.98 Å². The van der Waals surface area contributed by atoms with Gasteiger partial charge in [-0.3, -0.25) is 4.79 Å². The quantitative estimate of drug-likeness (QED) is 0.856. The standard InChI is InChI=1S/C18H22N2O2S/c1-12(2)18-19-14(11-23-18)10-17(21)20-8-4-5-13-9-15(22-3)6-7-16(13)20/h6-7,9,11-12H,4-5,8,10H2,1-3H3. The van der Waals surface area contributed by atoms with Crippen molar-refractivity contribution in [3.05, 3.63) is 39.8 Å². The van der Waals surface area contributed by atoms with Crippen LogP contribution in [0.15, 0.2) is 23.6 Å². The van der Waals surface area contributed by atoms with Crippen molar-refractivity contribution in [1.29, 1.82) is 0 Å². The Bertz CT molecular complexity index is 709. The van der Waals surface area contributed by atoms with E-state index in [0.29, 0.717) is 12.3 Å². The van der Waals surface area contributed by atoms with Gasteiger partial charge in [-0.1, -0.05) is 13.8 Å². The summed E-state index contributed by atoms with van der Waals surface area (Å²) in [5.74, 6) is 1.38. The molecule has 3 rings (SSSR count). The maximum atomic E-state index is 12.7. The molecule has 0 saturated heterocycles. The number of thiazole rings is 1. The molecule has 0 radical (unpaired) electrons. The van der Waals surface area contributed by atoms with Gasteiger partial charge in [0.25, 0.3) is 0 Å². The van der Waals surface area contributed by atoms with Gasteiger partial charge in [-0.2, -0.15) is 0 Å². The Labute approximate surface area is 141 Å². The third-order valence-electron chi connectivity index (χ3n) is 4.10. The van der Waals surface area contributed by atoms with Gasteiger partial charge in [0.1, 0.15) is 5.75 Å². The fourth-order valence-corrected chi connectivity index (χ4v) is 3.71. The van der Waals surface area contributed by atoms with Crippen molar-refractivity contribution in [3.63, 3.8) is 0 Å². The van der Waals surface area contributed by atoms with Gasteiger partial charge in [0.2, 0.25) is 5.91 Å². The Morgan fingerprint density at radius 2 is 2.26 bits per heavy atom. The Morgan fingerprint density at radius 3 is 2.96 bits per heavy atom. The minimum atomic E-state index is 0.122.